The number of benzene rings is 1. The number of nitrogens with zero attached hydrogens (tertiary/aromatic N) is 1. The minimum atomic E-state index is -0.381. The minimum Gasteiger partial charge on any atom is -0.322 e. The van der Waals surface area contributed by atoms with Crippen molar-refractivity contribution in [2.24, 2.45) is 0 Å². The summed E-state index contributed by atoms with van der Waals surface area (Å²) in [6.45, 7) is 1.80. The Balaban J connectivity index is 2.17. The van der Waals surface area contributed by atoms with E-state index in [1.807, 2.05) is 0 Å². The molecule has 0 fully saturated rings. The Morgan fingerprint density at radius 2 is 2.12 bits per heavy atom. The molecule has 0 bridgehead atoms. The van der Waals surface area contributed by atoms with E-state index in [0.29, 0.717) is 11.3 Å². The molecule has 0 atom stereocenters. The van der Waals surface area contributed by atoms with Crippen LogP contribution in [0, 0.1) is 12.7 Å². The van der Waals surface area contributed by atoms with Crippen LogP contribution in [-0.4, -0.2) is 10.9 Å². The van der Waals surface area contributed by atoms with Crippen molar-refractivity contribution in [3.05, 3.63) is 59.7 Å². The molecule has 0 aliphatic carbocycles. The van der Waals surface area contributed by atoms with E-state index in [1.165, 1.54) is 12.1 Å². The van der Waals surface area contributed by atoms with Crippen LogP contribution in [0.25, 0.3) is 0 Å². The fourth-order valence-electron chi connectivity index (χ4n) is 1.46. The predicted octanol–water partition coefficient (Wildman–Crippen LogP) is 2.78. The second-order valence-electron chi connectivity index (χ2n) is 3.65. The lowest BCUT2D eigenvalue weighted by molar-refractivity contribution is 0.102. The number of hydrogen-bond donors (Lipinski definition) is 1. The number of carbonyl (C=O) groups excluding carboxylic acids is 1. The van der Waals surface area contributed by atoms with Gasteiger partial charge in [0.2, 0.25) is 0 Å². The molecule has 1 amide bonds. The maximum atomic E-state index is 12.9. The largest absolute Gasteiger partial charge is 0.322 e. The normalized spacial score (nSPS) is 10.0. The van der Waals surface area contributed by atoms with Crippen LogP contribution in [0.5, 0.6) is 0 Å². The van der Waals surface area contributed by atoms with E-state index in [-0.39, 0.29) is 11.7 Å². The first-order chi connectivity index (χ1) is 8.15. The standard InChI is InChI=1S/C13H11FN2O/c1-9-7-10(5-6-15-9)13(17)16-12-4-2-3-11(14)8-12/h2-8H,1H3,(H,16,17). The Morgan fingerprint density at radius 3 is 2.82 bits per heavy atom. The van der Waals surface area contributed by atoms with E-state index in [1.54, 1.807) is 37.4 Å². The summed E-state index contributed by atoms with van der Waals surface area (Å²) in [6, 6.07) is 9.06. The van der Waals surface area contributed by atoms with Crippen LogP contribution in [0.2, 0.25) is 0 Å². The van der Waals surface area contributed by atoms with Gasteiger partial charge in [0.05, 0.1) is 0 Å². The van der Waals surface area contributed by atoms with Gasteiger partial charge in [-0.25, -0.2) is 4.39 Å². The van der Waals surface area contributed by atoms with Crippen molar-refractivity contribution in [1.29, 1.82) is 0 Å². The molecule has 0 spiro atoms. The van der Waals surface area contributed by atoms with Crippen molar-refractivity contribution in [3.63, 3.8) is 0 Å². The summed E-state index contributed by atoms with van der Waals surface area (Å²) in [5.74, 6) is -0.658. The molecule has 3 nitrogen and oxygen atoms in total. The molecule has 0 saturated carbocycles. The highest BCUT2D eigenvalue weighted by Gasteiger charge is 2.06. The number of pyridine rings is 1. The molecule has 0 saturated heterocycles. The summed E-state index contributed by atoms with van der Waals surface area (Å²) in [6.07, 6.45) is 1.57. The average Bonchev–Trinajstić information content (AvgIpc) is 2.29. The first kappa shape index (κ1) is 11.3. The van der Waals surface area contributed by atoms with Gasteiger partial charge in [-0.3, -0.25) is 9.78 Å². The molecule has 0 radical (unpaired) electrons. The summed E-state index contributed by atoms with van der Waals surface area (Å²) < 4.78 is 12.9. The molecule has 1 aromatic carbocycles. The fourth-order valence-corrected chi connectivity index (χ4v) is 1.46. The molecule has 2 aromatic rings. The van der Waals surface area contributed by atoms with Crippen molar-refractivity contribution in [3.8, 4) is 0 Å². The molecule has 0 unspecified atom stereocenters. The van der Waals surface area contributed by atoms with Crippen LogP contribution in [-0.2, 0) is 0 Å². The van der Waals surface area contributed by atoms with Crippen LogP contribution in [0.4, 0.5) is 10.1 Å². The van der Waals surface area contributed by atoms with Crippen molar-refractivity contribution in [2.75, 3.05) is 5.32 Å². The monoisotopic (exact) mass is 230 g/mol. The minimum absolute atomic E-state index is 0.277. The Kier molecular flexibility index (Phi) is 3.14. The zero-order valence-corrected chi connectivity index (χ0v) is 9.27. The van der Waals surface area contributed by atoms with E-state index in [9.17, 15) is 9.18 Å². The van der Waals surface area contributed by atoms with Gasteiger partial charge in [0.1, 0.15) is 5.82 Å². The van der Waals surface area contributed by atoms with Gasteiger partial charge in [-0.15, -0.1) is 0 Å². The van der Waals surface area contributed by atoms with Gasteiger partial charge in [0, 0.05) is 23.1 Å². The first-order valence-electron chi connectivity index (χ1n) is 5.15. The van der Waals surface area contributed by atoms with Crippen LogP contribution >= 0.6 is 0 Å². The van der Waals surface area contributed by atoms with Gasteiger partial charge < -0.3 is 5.32 Å². The van der Waals surface area contributed by atoms with Gasteiger partial charge in [0.25, 0.3) is 5.91 Å². The van der Waals surface area contributed by atoms with Crippen LogP contribution < -0.4 is 5.32 Å². The zero-order chi connectivity index (χ0) is 12.3. The van der Waals surface area contributed by atoms with Gasteiger partial charge in [-0.1, -0.05) is 6.07 Å². The van der Waals surface area contributed by atoms with Crippen molar-refractivity contribution < 1.29 is 9.18 Å². The molecule has 4 heteroatoms. The summed E-state index contributed by atoms with van der Waals surface area (Å²) in [7, 11) is 0. The zero-order valence-electron chi connectivity index (χ0n) is 9.27. The van der Waals surface area contributed by atoms with Gasteiger partial charge >= 0.3 is 0 Å². The second kappa shape index (κ2) is 4.74. The quantitative estimate of drug-likeness (QED) is 0.861. The third-order valence-electron chi connectivity index (χ3n) is 2.24. The van der Waals surface area contributed by atoms with E-state index in [0.717, 1.165) is 5.69 Å². The lowest BCUT2D eigenvalue weighted by atomic mass is 10.2. The summed E-state index contributed by atoms with van der Waals surface area (Å²) >= 11 is 0. The smallest absolute Gasteiger partial charge is 0.255 e. The highest BCUT2D eigenvalue weighted by molar-refractivity contribution is 6.04. The number of rotatable bonds is 2. The molecule has 0 aliphatic rings. The first-order valence-corrected chi connectivity index (χ1v) is 5.15. The number of aromatic nitrogens is 1. The van der Waals surface area contributed by atoms with Crippen molar-refractivity contribution >= 4 is 11.6 Å². The third-order valence-corrected chi connectivity index (χ3v) is 2.24. The van der Waals surface area contributed by atoms with Gasteiger partial charge in [-0.2, -0.15) is 0 Å². The number of anilines is 1. The number of halogens is 1. The van der Waals surface area contributed by atoms with E-state index in [2.05, 4.69) is 10.3 Å². The highest BCUT2D eigenvalue weighted by atomic mass is 19.1. The predicted molar refractivity (Wildman–Crippen MR) is 63.3 cm³/mol. The highest BCUT2D eigenvalue weighted by Crippen LogP contribution is 2.11. The molecular weight excluding hydrogens is 219 g/mol. The van der Waals surface area contributed by atoms with Crippen LogP contribution in [0.3, 0.4) is 0 Å². The molecule has 0 aliphatic heterocycles. The second-order valence-corrected chi connectivity index (χ2v) is 3.65. The Bertz CT molecular complexity index is 555. The third kappa shape index (κ3) is 2.87. The summed E-state index contributed by atoms with van der Waals surface area (Å²) in [5.41, 5.74) is 1.70. The topological polar surface area (TPSA) is 42.0 Å². The molecule has 86 valence electrons. The fraction of sp³-hybridized carbons (Fsp3) is 0.0769. The Hall–Kier alpha value is -2.23. The molecule has 1 aromatic heterocycles. The van der Waals surface area contributed by atoms with E-state index < -0.39 is 0 Å². The van der Waals surface area contributed by atoms with Gasteiger partial charge in [-0.05, 0) is 37.3 Å². The molecule has 1 heterocycles. The van der Waals surface area contributed by atoms with E-state index >= 15 is 0 Å². The van der Waals surface area contributed by atoms with Gasteiger partial charge in [0.15, 0.2) is 0 Å². The average molecular weight is 230 g/mol. The number of amides is 1. The van der Waals surface area contributed by atoms with E-state index in [4.69, 9.17) is 0 Å². The molecule has 17 heavy (non-hydrogen) atoms. The lowest BCUT2D eigenvalue weighted by Gasteiger charge is -2.05. The summed E-state index contributed by atoms with van der Waals surface area (Å²) in [4.78, 5) is 15.8. The van der Waals surface area contributed by atoms with Crippen LogP contribution in [0.1, 0.15) is 16.1 Å². The maximum absolute atomic E-state index is 12.9. The number of hydrogen-bond acceptors (Lipinski definition) is 2. The SMILES string of the molecule is Cc1cc(C(=O)Nc2cccc(F)c2)ccn1. The van der Waals surface area contributed by atoms with Crippen molar-refractivity contribution in [2.45, 2.75) is 6.92 Å². The Morgan fingerprint density at radius 1 is 1.29 bits per heavy atom. The number of carbonyl (C=O) groups is 1. The van der Waals surface area contributed by atoms with Crippen LogP contribution in [0.15, 0.2) is 42.6 Å². The maximum Gasteiger partial charge on any atom is 0.255 e. The lowest BCUT2D eigenvalue weighted by Crippen LogP contribution is -2.12. The molecule has 2 rings (SSSR count). The number of aryl methyl sites for hydroxylation is 1. The van der Waals surface area contributed by atoms with Crippen molar-refractivity contribution in [1.82, 2.24) is 4.98 Å². The number of nitrogens with one attached hydrogen (secondary N) is 1. The Labute approximate surface area is 98.3 Å². The molecular formula is C13H11FN2O. The molecule has 1 N–H and O–H groups in total. The summed E-state index contributed by atoms with van der Waals surface area (Å²) in [5, 5.41) is 2.62.